The molecule has 0 bridgehead atoms. The molecule has 6 heteroatoms. The third-order valence-corrected chi connectivity index (χ3v) is 6.83. The Kier molecular flexibility index (Phi) is 6.87. The number of benzene rings is 1. The Bertz CT molecular complexity index is 986. The highest BCUT2D eigenvalue weighted by molar-refractivity contribution is 6.03. The summed E-state index contributed by atoms with van der Waals surface area (Å²) in [5.41, 5.74) is 3.63. The number of hydrogen-bond acceptors (Lipinski definition) is 5. The zero-order chi connectivity index (χ0) is 22.7. The fourth-order valence-electron chi connectivity index (χ4n) is 5.11. The van der Waals surface area contributed by atoms with Gasteiger partial charge in [-0.3, -0.25) is 4.79 Å². The van der Waals surface area contributed by atoms with E-state index in [-0.39, 0.29) is 17.7 Å². The van der Waals surface area contributed by atoms with Crippen LogP contribution in [-0.4, -0.2) is 37.1 Å². The lowest BCUT2D eigenvalue weighted by atomic mass is 9.81. The Labute approximate surface area is 189 Å². The first-order valence-corrected chi connectivity index (χ1v) is 11.7. The highest BCUT2D eigenvalue weighted by atomic mass is 16.5. The third kappa shape index (κ3) is 4.54. The number of ether oxygens (including phenoxy) is 3. The number of rotatable bonds is 7. The first-order valence-electron chi connectivity index (χ1n) is 11.7. The molecule has 0 aliphatic heterocycles. The van der Waals surface area contributed by atoms with Crippen LogP contribution in [0.5, 0.6) is 11.5 Å². The molecule has 1 heterocycles. The maximum atomic E-state index is 13.0. The summed E-state index contributed by atoms with van der Waals surface area (Å²) >= 11 is 0. The van der Waals surface area contributed by atoms with Crippen LogP contribution in [0.25, 0.3) is 0 Å². The van der Waals surface area contributed by atoms with E-state index in [9.17, 15) is 9.59 Å². The number of Topliss-reactive ketones (excluding diaryl/α,β-unsaturated/α-hetero) is 1. The molecule has 0 spiro atoms. The molecule has 32 heavy (non-hydrogen) atoms. The molecule has 1 N–H and O–H groups in total. The molecular weight excluding hydrogens is 406 g/mol. The zero-order valence-corrected chi connectivity index (χ0v) is 19.3. The van der Waals surface area contributed by atoms with Gasteiger partial charge in [0.25, 0.3) is 0 Å². The van der Waals surface area contributed by atoms with Gasteiger partial charge in [0.15, 0.2) is 17.3 Å². The van der Waals surface area contributed by atoms with Gasteiger partial charge in [-0.1, -0.05) is 25.3 Å². The summed E-state index contributed by atoms with van der Waals surface area (Å²) in [4.78, 5) is 29.0. The van der Waals surface area contributed by atoms with Crippen LogP contribution in [0.2, 0.25) is 0 Å². The molecular formula is C26H33NO5. The molecule has 2 aromatic rings. The Morgan fingerprint density at radius 3 is 2.62 bits per heavy atom. The molecule has 1 fully saturated rings. The summed E-state index contributed by atoms with van der Waals surface area (Å²) in [6, 6.07) is 5.83. The normalized spacial score (nSPS) is 18.8. The van der Waals surface area contributed by atoms with E-state index in [0.29, 0.717) is 60.3 Å². The first-order chi connectivity index (χ1) is 15.5. The van der Waals surface area contributed by atoms with Gasteiger partial charge in [-0.2, -0.15) is 0 Å². The van der Waals surface area contributed by atoms with E-state index in [4.69, 9.17) is 14.2 Å². The number of hydrogen-bond donors (Lipinski definition) is 1. The summed E-state index contributed by atoms with van der Waals surface area (Å²) in [6.45, 7) is 4.79. The summed E-state index contributed by atoms with van der Waals surface area (Å²) in [5, 5.41) is 0. The molecule has 1 aromatic carbocycles. The average Bonchev–Trinajstić information content (AvgIpc) is 3.15. The summed E-state index contributed by atoms with van der Waals surface area (Å²) in [7, 11) is 1.62. The largest absolute Gasteiger partial charge is 0.493 e. The van der Waals surface area contributed by atoms with Crippen LogP contribution in [0, 0.1) is 12.8 Å². The number of esters is 1. The van der Waals surface area contributed by atoms with Crippen molar-refractivity contribution >= 4 is 11.8 Å². The number of carbonyl (C=O) groups is 2. The third-order valence-electron chi connectivity index (χ3n) is 6.83. The van der Waals surface area contributed by atoms with Crippen molar-refractivity contribution in [1.29, 1.82) is 0 Å². The lowest BCUT2D eigenvalue weighted by Crippen LogP contribution is -2.18. The van der Waals surface area contributed by atoms with Gasteiger partial charge in [-0.15, -0.1) is 0 Å². The van der Waals surface area contributed by atoms with Crippen molar-refractivity contribution in [3.8, 4) is 11.5 Å². The van der Waals surface area contributed by atoms with Gasteiger partial charge >= 0.3 is 5.97 Å². The van der Waals surface area contributed by atoms with Crippen LogP contribution >= 0.6 is 0 Å². The van der Waals surface area contributed by atoms with Crippen LogP contribution < -0.4 is 9.47 Å². The van der Waals surface area contributed by atoms with Crippen molar-refractivity contribution in [2.45, 2.75) is 64.7 Å². The molecule has 0 radical (unpaired) electrons. The van der Waals surface area contributed by atoms with Gasteiger partial charge in [0.05, 0.1) is 20.3 Å². The standard InChI is InChI=1S/C26H33NO5/c1-4-31-22-11-10-18(14-23(22)30-3)19-12-20-24(21(28)13-19)16(2)25(27-20)26(29)32-15-17-8-6-5-7-9-17/h10-11,14,17,19,27H,4-9,12-13,15H2,1-3H3/t19-/m0/s1. The van der Waals surface area contributed by atoms with E-state index < -0.39 is 0 Å². The van der Waals surface area contributed by atoms with Crippen LogP contribution in [-0.2, 0) is 11.2 Å². The fourth-order valence-corrected chi connectivity index (χ4v) is 5.11. The van der Waals surface area contributed by atoms with Gasteiger partial charge in [-0.05, 0) is 68.2 Å². The summed E-state index contributed by atoms with van der Waals surface area (Å²) in [5.74, 6) is 1.54. The molecule has 1 saturated carbocycles. The van der Waals surface area contributed by atoms with Gasteiger partial charge in [0.1, 0.15) is 5.69 Å². The molecule has 0 amide bonds. The van der Waals surface area contributed by atoms with E-state index in [0.717, 1.165) is 24.1 Å². The number of aromatic nitrogens is 1. The highest BCUT2D eigenvalue weighted by Gasteiger charge is 2.33. The predicted molar refractivity (Wildman–Crippen MR) is 122 cm³/mol. The van der Waals surface area contributed by atoms with Gasteiger partial charge < -0.3 is 19.2 Å². The first kappa shape index (κ1) is 22.4. The number of carbonyl (C=O) groups excluding carboxylic acids is 2. The highest BCUT2D eigenvalue weighted by Crippen LogP contribution is 2.38. The summed E-state index contributed by atoms with van der Waals surface area (Å²) < 4.78 is 16.7. The minimum Gasteiger partial charge on any atom is -0.493 e. The van der Waals surface area contributed by atoms with Crippen molar-refractivity contribution in [2.24, 2.45) is 5.92 Å². The van der Waals surface area contributed by atoms with Gasteiger partial charge in [0, 0.05) is 17.7 Å². The SMILES string of the molecule is CCOc1ccc([C@@H]2CC(=O)c3c([nH]c(C(=O)OCC4CCCCC4)c3C)C2)cc1OC. The van der Waals surface area contributed by atoms with E-state index in [1.165, 1.54) is 19.3 Å². The van der Waals surface area contributed by atoms with Crippen molar-refractivity contribution < 1.29 is 23.8 Å². The number of ketones is 1. The predicted octanol–water partition coefficient (Wildman–Crippen LogP) is 5.38. The lowest BCUT2D eigenvalue weighted by molar-refractivity contribution is 0.0403. The van der Waals surface area contributed by atoms with E-state index in [2.05, 4.69) is 4.98 Å². The van der Waals surface area contributed by atoms with Crippen LogP contribution in [0.3, 0.4) is 0 Å². The minimum atomic E-state index is -0.352. The smallest absolute Gasteiger partial charge is 0.355 e. The lowest BCUT2D eigenvalue weighted by Gasteiger charge is -2.23. The number of aromatic amines is 1. The Balaban J connectivity index is 1.51. The second-order valence-corrected chi connectivity index (χ2v) is 8.95. The molecule has 0 unspecified atom stereocenters. The molecule has 1 atom stereocenters. The van der Waals surface area contributed by atoms with Crippen molar-refractivity contribution in [3.63, 3.8) is 0 Å². The van der Waals surface area contributed by atoms with Crippen molar-refractivity contribution in [2.75, 3.05) is 20.3 Å². The van der Waals surface area contributed by atoms with Crippen LogP contribution in [0.15, 0.2) is 18.2 Å². The monoisotopic (exact) mass is 439 g/mol. The second-order valence-electron chi connectivity index (χ2n) is 8.95. The van der Waals surface area contributed by atoms with E-state index in [1.807, 2.05) is 32.0 Å². The number of nitrogens with one attached hydrogen (secondary N) is 1. The molecule has 1 aromatic heterocycles. The Hall–Kier alpha value is -2.76. The van der Waals surface area contributed by atoms with Crippen LogP contribution in [0.4, 0.5) is 0 Å². The Morgan fingerprint density at radius 1 is 1.12 bits per heavy atom. The zero-order valence-electron chi connectivity index (χ0n) is 19.3. The topological polar surface area (TPSA) is 77.6 Å². The molecule has 2 aliphatic rings. The maximum Gasteiger partial charge on any atom is 0.355 e. The minimum absolute atomic E-state index is 0.0173. The number of fused-ring (bicyclic) bond motifs is 1. The van der Waals surface area contributed by atoms with E-state index >= 15 is 0 Å². The second kappa shape index (κ2) is 9.80. The van der Waals surface area contributed by atoms with Crippen LogP contribution in [0.1, 0.15) is 89.0 Å². The van der Waals surface area contributed by atoms with Crippen molar-refractivity contribution in [3.05, 3.63) is 46.3 Å². The van der Waals surface area contributed by atoms with Gasteiger partial charge in [0.2, 0.25) is 0 Å². The Morgan fingerprint density at radius 2 is 1.91 bits per heavy atom. The van der Waals surface area contributed by atoms with Crippen molar-refractivity contribution in [1.82, 2.24) is 4.98 Å². The number of methoxy groups -OCH3 is 1. The maximum absolute atomic E-state index is 13.0. The average molecular weight is 440 g/mol. The summed E-state index contributed by atoms with van der Waals surface area (Å²) in [6.07, 6.45) is 7.01. The van der Waals surface area contributed by atoms with E-state index in [1.54, 1.807) is 7.11 Å². The molecule has 4 rings (SSSR count). The quantitative estimate of drug-likeness (QED) is 0.586. The number of H-pyrrole nitrogens is 1. The molecule has 0 saturated heterocycles. The van der Waals surface area contributed by atoms with Gasteiger partial charge in [-0.25, -0.2) is 4.79 Å². The molecule has 2 aliphatic carbocycles. The molecule has 172 valence electrons. The molecule has 6 nitrogen and oxygen atoms in total. The fraction of sp³-hybridized carbons (Fsp3) is 0.538.